The third-order valence-electron chi connectivity index (χ3n) is 12.8. The molecule has 1 aromatic rings. The van der Waals surface area contributed by atoms with Crippen molar-refractivity contribution in [3.8, 4) is 0 Å². The number of Topliss-reactive ketones (excluding diaryl/α,β-unsaturated/α-hetero) is 1. The van der Waals surface area contributed by atoms with E-state index in [1.807, 2.05) is 0 Å². The van der Waals surface area contributed by atoms with E-state index in [-0.39, 0.29) is 46.1 Å². The molecule has 4 fully saturated rings. The zero-order valence-corrected chi connectivity index (χ0v) is 27.0. The maximum absolute atomic E-state index is 12.7. The average Bonchev–Trinajstić information content (AvgIpc) is 3.27. The number of hydrogen-bond acceptors (Lipinski definition) is 5. The Balaban J connectivity index is 1.22. The highest BCUT2D eigenvalue weighted by Gasteiger charge is 2.64. The van der Waals surface area contributed by atoms with Gasteiger partial charge in [-0.05, 0) is 128 Å². The van der Waals surface area contributed by atoms with Gasteiger partial charge in [-0.3, -0.25) is 4.79 Å². The van der Waals surface area contributed by atoms with Gasteiger partial charge in [0.2, 0.25) is 0 Å². The molecule has 5 nitrogen and oxygen atoms in total. The predicted octanol–water partition coefficient (Wildman–Crippen LogP) is 7.12. The second-order valence-electron chi connectivity index (χ2n) is 14.7. The molecule has 0 aromatic heterocycles. The van der Waals surface area contributed by atoms with Gasteiger partial charge < -0.3 is 10.2 Å². The highest BCUT2D eigenvalue weighted by atomic mass is 35.5. The van der Waals surface area contributed by atoms with Crippen molar-refractivity contribution in [2.45, 2.75) is 115 Å². The zero-order valence-electron chi connectivity index (χ0n) is 25.4. The topological polar surface area (TPSA) is 91.7 Å². The maximum atomic E-state index is 12.7. The van der Waals surface area contributed by atoms with E-state index in [4.69, 9.17) is 11.6 Å². The van der Waals surface area contributed by atoms with Gasteiger partial charge in [0.05, 0.1) is 17.1 Å². The van der Waals surface area contributed by atoms with Crippen LogP contribution in [0.3, 0.4) is 0 Å². The number of carbonyl (C=O) groups excluding carboxylic acids is 1. The molecule has 5 rings (SSSR count). The summed E-state index contributed by atoms with van der Waals surface area (Å²) in [5.74, 6) is 2.41. The molecule has 11 atom stereocenters. The standard InChI is InChI=1S/C34H51ClO5S/c1-5-26-30-19-23(36)15-17-34(30,4)29-16-18-33(3)27(13-14-28(33)31(29)32(26)38)21(2)7-6-8-24(37)20-41(39,40)25-11-9-22(35)10-12-25/h9-12,21,23,26-32,36,38H,5-8,13-20H2,1-4H3/t21-,23-,26-,27-,28+,29+,30+,31+,32-,33-,34-/m1/s1. The summed E-state index contributed by atoms with van der Waals surface area (Å²) in [6.07, 6.45) is 9.91. The van der Waals surface area contributed by atoms with Crippen LogP contribution in [0.4, 0.5) is 0 Å². The summed E-state index contributed by atoms with van der Waals surface area (Å²) >= 11 is 5.88. The van der Waals surface area contributed by atoms with E-state index in [1.165, 1.54) is 49.9 Å². The Bertz CT molecular complexity index is 1200. The minimum atomic E-state index is -3.65. The van der Waals surface area contributed by atoms with Crippen molar-refractivity contribution >= 4 is 27.2 Å². The summed E-state index contributed by atoms with van der Waals surface area (Å²) < 4.78 is 25.4. The van der Waals surface area contributed by atoms with Crippen molar-refractivity contribution in [1.82, 2.24) is 0 Å². The van der Waals surface area contributed by atoms with Gasteiger partial charge in [-0.25, -0.2) is 8.42 Å². The van der Waals surface area contributed by atoms with Crippen LogP contribution in [-0.4, -0.2) is 42.4 Å². The quantitative estimate of drug-likeness (QED) is 0.312. The minimum Gasteiger partial charge on any atom is -0.393 e. The first-order valence-electron chi connectivity index (χ1n) is 16.2. The summed E-state index contributed by atoms with van der Waals surface area (Å²) in [6.45, 7) is 9.51. The van der Waals surface area contributed by atoms with E-state index in [0.717, 1.165) is 32.1 Å². The number of aliphatic hydroxyl groups excluding tert-OH is 2. The molecule has 4 aliphatic rings. The number of fused-ring (bicyclic) bond motifs is 5. The molecule has 0 spiro atoms. The number of carbonyl (C=O) groups is 1. The predicted molar refractivity (Wildman–Crippen MR) is 163 cm³/mol. The molecule has 7 heteroatoms. The van der Waals surface area contributed by atoms with Crippen molar-refractivity contribution < 1.29 is 23.4 Å². The lowest BCUT2D eigenvalue weighted by Gasteiger charge is -2.64. The highest BCUT2D eigenvalue weighted by Crippen LogP contribution is 2.69. The number of rotatable bonds is 9. The SMILES string of the molecule is CC[C@H]1[C@@H](O)[C@@H]2[C@H](CC[C@]3(C)[C@@H]([C@H](C)CCCC(=O)CS(=O)(=O)c4ccc(Cl)cc4)CC[C@@H]23)[C@@]2(C)CC[C@@H](O)C[C@@H]12. The van der Waals surface area contributed by atoms with Gasteiger partial charge in [0.25, 0.3) is 0 Å². The molecule has 4 aliphatic carbocycles. The van der Waals surface area contributed by atoms with Crippen LogP contribution in [0.2, 0.25) is 5.02 Å². The minimum absolute atomic E-state index is 0.143. The number of hydrogen-bond donors (Lipinski definition) is 2. The summed E-state index contributed by atoms with van der Waals surface area (Å²) in [6, 6.07) is 6.00. The Labute approximate surface area is 252 Å². The van der Waals surface area contributed by atoms with Crippen LogP contribution in [0.15, 0.2) is 29.2 Å². The highest BCUT2D eigenvalue weighted by molar-refractivity contribution is 7.92. The summed E-state index contributed by atoms with van der Waals surface area (Å²) in [7, 11) is -3.65. The van der Waals surface area contributed by atoms with Crippen molar-refractivity contribution in [1.29, 1.82) is 0 Å². The summed E-state index contributed by atoms with van der Waals surface area (Å²) in [5, 5.41) is 22.9. The van der Waals surface area contributed by atoms with E-state index in [0.29, 0.717) is 47.0 Å². The van der Waals surface area contributed by atoms with Crippen molar-refractivity contribution in [3.05, 3.63) is 29.3 Å². The molecule has 1 aromatic carbocycles. The fraction of sp³-hybridized carbons (Fsp3) is 0.794. The van der Waals surface area contributed by atoms with Crippen LogP contribution in [0.5, 0.6) is 0 Å². The van der Waals surface area contributed by atoms with Gasteiger partial charge in [-0.2, -0.15) is 0 Å². The Morgan fingerprint density at radius 2 is 1.66 bits per heavy atom. The first kappa shape index (κ1) is 31.5. The normalized spacial score (nSPS) is 41.2. The second kappa shape index (κ2) is 11.9. The van der Waals surface area contributed by atoms with Crippen molar-refractivity contribution in [2.75, 3.05) is 5.75 Å². The van der Waals surface area contributed by atoms with Crippen molar-refractivity contribution in [3.63, 3.8) is 0 Å². The monoisotopic (exact) mass is 606 g/mol. The lowest BCUT2D eigenvalue weighted by atomic mass is 9.41. The van der Waals surface area contributed by atoms with E-state index in [2.05, 4.69) is 27.7 Å². The van der Waals surface area contributed by atoms with Gasteiger partial charge in [0.1, 0.15) is 11.5 Å². The Hall–Kier alpha value is -0.950. The number of sulfone groups is 1. The molecule has 4 saturated carbocycles. The van der Waals surface area contributed by atoms with Crippen LogP contribution >= 0.6 is 11.6 Å². The molecule has 2 N–H and O–H groups in total. The third kappa shape index (κ3) is 5.69. The fourth-order valence-electron chi connectivity index (χ4n) is 10.8. The van der Waals surface area contributed by atoms with E-state index in [9.17, 15) is 23.4 Å². The van der Waals surface area contributed by atoms with Crippen LogP contribution in [0.1, 0.15) is 98.3 Å². The molecule has 0 heterocycles. The van der Waals surface area contributed by atoms with Crippen LogP contribution < -0.4 is 0 Å². The summed E-state index contributed by atoms with van der Waals surface area (Å²) in [5.41, 5.74) is 0.403. The van der Waals surface area contributed by atoms with E-state index in [1.54, 1.807) is 0 Å². The molecule has 0 unspecified atom stereocenters. The van der Waals surface area contributed by atoms with Crippen molar-refractivity contribution in [2.24, 2.45) is 52.3 Å². The number of aliphatic hydroxyl groups is 2. The lowest BCUT2D eigenvalue weighted by Crippen LogP contribution is -2.62. The fourth-order valence-corrected chi connectivity index (χ4v) is 12.2. The van der Waals surface area contributed by atoms with Crippen LogP contribution in [0, 0.1) is 52.3 Å². The molecule has 0 saturated heterocycles. The third-order valence-corrected chi connectivity index (χ3v) is 14.7. The van der Waals surface area contributed by atoms with Crippen LogP contribution in [-0.2, 0) is 14.6 Å². The van der Waals surface area contributed by atoms with Gasteiger partial charge in [-0.1, -0.05) is 52.1 Å². The summed E-state index contributed by atoms with van der Waals surface area (Å²) in [4.78, 5) is 12.8. The first-order chi connectivity index (χ1) is 19.3. The largest absolute Gasteiger partial charge is 0.393 e. The van der Waals surface area contributed by atoms with Gasteiger partial charge >= 0.3 is 0 Å². The zero-order chi connectivity index (χ0) is 29.7. The van der Waals surface area contributed by atoms with Gasteiger partial charge in [0, 0.05) is 11.4 Å². The van der Waals surface area contributed by atoms with Gasteiger partial charge in [-0.15, -0.1) is 0 Å². The molecule has 0 amide bonds. The van der Waals surface area contributed by atoms with Crippen LogP contribution in [0.25, 0.3) is 0 Å². The Morgan fingerprint density at radius 1 is 1.00 bits per heavy atom. The second-order valence-corrected chi connectivity index (χ2v) is 17.2. The molecular weight excluding hydrogens is 556 g/mol. The molecule has 41 heavy (non-hydrogen) atoms. The number of ketones is 1. The molecule has 0 radical (unpaired) electrons. The lowest BCUT2D eigenvalue weighted by molar-refractivity contribution is -0.203. The molecule has 0 aliphatic heterocycles. The molecular formula is C34H51ClO5S. The average molecular weight is 607 g/mol. The smallest absolute Gasteiger partial charge is 0.185 e. The molecule has 230 valence electrons. The number of halogens is 1. The Morgan fingerprint density at radius 3 is 2.34 bits per heavy atom. The van der Waals surface area contributed by atoms with E-state index < -0.39 is 15.6 Å². The van der Waals surface area contributed by atoms with Gasteiger partial charge in [0.15, 0.2) is 9.84 Å². The first-order valence-corrected chi connectivity index (χ1v) is 18.2. The Kier molecular flexibility index (Phi) is 9.10. The number of benzene rings is 1. The maximum Gasteiger partial charge on any atom is 0.185 e. The van der Waals surface area contributed by atoms with E-state index >= 15 is 0 Å². The molecule has 0 bridgehead atoms.